The van der Waals surface area contributed by atoms with Gasteiger partial charge in [0.05, 0.1) is 45.4 Å². The highest BCUT2D eigenvalue weighted by Crippen LogP contribution is 2.40. The first-order valence-corrected chi connectivity index (χ1v) is 14.5. The van der Waals surface area contributed by atoms with E-state index in [0.717, 1.165) is 0 Å². The summed E-state index contributed by atoms with van der Waals surface area (Å²) in [6.07, 6.45) is 11.3. The number of nitrogens with two attached hydrogens (primary N) is 1. The molecule has 10 nitrogen and oxygen atoms in total. The van der Waals surface area contributed by atoms with Gasteiger partial charge in [-0.15, -0.1) is 0 Å². The third-order valence-electron chi connectivity index (χ3n) is 6.06. The average Bonchev–Trinajstić information content (AvgIpc) is 2.81. The second-order valence-electron chi connectivity index (χ2n) is 9.12. The molecule has 0 radical (unpaired) electrons. The second-order valence-corrected chi connectivity index (χ2v) is 10.9. The molecule has 34 heavy (non-hydrogen) atoms. The van der Waals surface area contributed by atoms with E-state index in [1.54, 1.807) is 0 Å². The highest BCUT2D eigenvalue weighted by Gasteiger charge is 2.25. The number of unbranched alkanes of at least 4 members (excludes halogenated alkanes) is 4. The van der Waals surface area contributed by atoms with Gasteiger partial charge in [0.25, 0.3) is 0 Å². The summed E-state index contributed by atoms with van der Waals surface area (Å²) < 4.78 is 23.2. The Kier molecular flexibility index (Phi) is 14.8. The monoisotopic (exact) mass is 503 g/mol. The number of ether oxygens (including phenoxy) is 1. The zero-order valence-electron chi connectivity index (χ0n) is 21.6. The van der Waals surface area contributed by atoms with Gasteiger partial charge in [-0.05, 0) is 25.7 Å². The lowest BCUT2D eigenvalue weighted by Gasteiger charge is -2.39. The zero-order chi connectivity index (χ0) is 25.5. The molecule has 1 unspecified atom stereocenters. The Balaban J connectivity index is 0.000000340. The van der Waals surface area contributed by atoms with Gasteiger partial charge in [0.2, 0.25) is 5.95 Å². The van der Waals surface area contributed by atoms with Crippen molar-refractivity contribution < 1.29 is 23.2 Å². The van der Waals surface area contributed by atoms with E-state index in [1.807, 2.05) is 0 Å². The molecule has 0 spiro atoms. The largest absolute Gasteiger partial charge is 0.777 e. The predicted molar refractivity (Wildman–Crippen MR) is 133 cm³/mol. The lowest BCUT2D eigenvalue weighted by atomic mass is 10.1. The van der Waals surface area contributed by atoms with Gasteiger partial charge in [-0.1, -0.05) is 53.4 Å². The maximum absolute atomic E-state index is 11.4. The fraction of sp³-hybridized carbons (Fsp3) is 0.870. The zero-order valence-corrected chi connectivity index (χ0v) is 22.5. The molecule has 1 aromatic heterocycles. The van der Waals surface area contributed by atoms with Crippen LogP contribution in [0.5, 0.6) is 0 Å². The predicted octanol–water partition coefficient (Wildman–Crippen LogP) is 3.15. The minimum Gasteiger partial charge on any atom is -0.777 e. The van der Waals surface area contributed by atoms with Crippen molar-refractivity contribution >= 4 is 13.5 Å². The van der Waals surface area contributed by atoms with Crippen molar-refractivity contribution in [3.05, 3.63) is 16.8 Å². The van der Waals surface area contributed by atoms with Gasteiger partial charge in [-0.2, -0.15) is 4.98 Å². The Hall–Kier alpha value is -1.32. The molecular formula is C23H46N5O5P. The van der Waals surface area contributed by atoms with Crippen molar-refractivity contribution in [3.8, 4) is 0 Å². The first kappa shape index (κ1) is 30.7. The van der Waals surface area contributed by atoms with E-state index >= 15 is 0 Å². The fourth-order valence-corrected chi connectivity index (χ4v) is 4.80. The Labute approximate surface area is 205 Å². The van der Waals surface area contributed by atoms with E-state index in [4.69, 9.17) is 10.5 Å². The molecule has 2 N–H and O–H groups in total. The molecule has 11 heteroatoms. The molecule has 0 saturated carbocycles. The number of aromatic nitrogens is 3. The second kappa shape index (κ2) is 16.4. The summed E-state index contributed by atoms with van der Waals surface area (Å²) in [5.41, 5.74) is 4.65. The van der Waals surface area contributed by atoms with Crippen LogP contribution in [-0.2, 0) is 20.4 Å². The van der Waals surface area contributed by atoms with E-state index in [9.17, 15) is 14.3 Å². The smallest absolute Gasteiger partial charge is 0.352 e. The summed E-state index contributed by atoms with van der Waals surface area (Å²) in [7, 11) is -3.86. The van der Waals surface area contributed by atoms with Crippen LogP contribution in [0.1, 0.15) is 79.1 Å². The van der Waals surface area contributed by atoms with Crippen molar-refractivity contribution in [2.75, 3.05) is 44.9 Å². The molecule has 2 rings (SSSR count). The molecule has 1 aromatic rings. The molecular weight excluding hydrogens is 457 g/mol. The van der Waals surface area contributed by atoms with Gasteiger partial charge >= 0.3 is 5.69 Å². The molecule has 1 aliphatic rings. The van der Waals surface area contributed by atoms with Crippen LogP contribution in [0.4, 0.5) is 5.95 Å². The third kappa shape index (κ3) is 11.9. The summed E-state index contributed by atoms with van der Waals surface area (Å²) in [5.74, 6) is -0.115. The SMILES string of the molecule is CCCC[N+](CCCC)(CCCC)CCCC.Nc1ncn(C[C@H]2COP(=O)([O-])CO2)c(=O)n1. The first-order chi connectivity index (χ1) is 16.2. The van der Waals surface area contributed by atoms with Crippen LogP contribution < -0.4 is 16.3 Å². The van der Waals surface area contributed by atoms with Crippen molar-refractivity contribution in [1.82, 2.24) is 14.5 Å². The number of hydrogen-bond donors (Lipinski definition) is 1. The number of hydrogen-bond acceptors (Lipinski definition) is 8. The number of rotatable bonds is 14. The normalized spacial score (nSPS) is 20.6. The molecule has 1 fully saturated rings. The van der Waals surface area contributed by atoms with Gasteiger partial charge in [0.15, 0.2) is 7.60 Å². The molecule has 0 aliphatic carbocycles. The summed E-state index contributed by atoms with van der Waals surface area (Å²) in [5, 5.41) is 0. The highest BCUT2D eigenvalue weighted by molar-refractivity contribution is 7.51. The fourth-order valence-electron chi connectivity index (χ4n) is 3.94. The molecule has 1 saturated heterocycles. The van der Waals surface area contributed by atoms with Crippen LogP contribution >= 0.6 is 7.60 Å². The maximum Gasteiger partial charge on any atom is 0.352 e. The molecule has 1 aliphatic heterocycles. The quantitative estimate of drug-likeness (QED) is 0.302. The standard InChI is InChI=1S/C16H36N.C7H11N4O5P/c1-5-9-13-17(14-10-6-2,15-11-7-3)16-12-8-4;8-6-9-3-11(7(12)10-6)1-5-2-16-17(13,14)4-15-5/h5-16H2,1-4H3;3,5H,1-2,4H2,(H,13,14)(H2,8,10,12)/q+1;/p-1/t;5-/m.0/s1. The van der Waals surface area contributed by atoms with E-state index in [2.05, 4.69) is 42.2 Å². The Morgan fingerprint density at radius 2 is 1.56 bits per heavy atom. The third-order valence-corrected chi connectivity index (χ3v) is 7.06. The van der Waals surface area contributed by atoms with E-state index in [-0.39, 0.29) is 19.1 Å². The van der Waals surface area contributed by atoms with Gasteiger partial charge in [-0.25, -0.2) is 9.78 Å². The maximum atomic E-state index is 11.4. The number of quaternary nitrogens is 1. The van der Waals surface area contributed by atoms with Crippen LogP contribution in [-0.4, -0.2) is 64.3 Å². The highest BCUT2D eigenvalue weighted by atomic mass is 31.2. The van der Waals surface area contributed by atoms with E-state index in [1.165, 1.54) is 92.9 Å². The van der Waals surface area contributed by atoms with Gasteiger partial charge in [0, 0.05) is 0 Å². The Morgan fingerprint density at radius 3 is 1.94 bits per heavy atom. The molecule has 0 amide bonds. The van der Waals surface area contributed by atoms with Crippen LogP contribution in [0.3, 0.4) is 0 Å². The molecule has 0 bridgehead atoms. The minimum absolute atomic E-state index is 0.110. The number of nitrogens with zero attached hydrogens (tertiary/aromatic N) is 4. The first-order valence-electron chi connectivity index (χ1n) is 12.8. The molecule has 2 atom stereocenters. The Bertz CT molecular complexity index is 742. The topological polar surface area (TPSA) is 132 Å². The van der Waals surface area contributed by atoms with Gasteiger partial charge in [0.1, 0.15) is 12.7 Å². The Morgan fingerprint density at radius 1 is 1.06 bits per heavy atom. The minimum atomic E-state index is -3.86. The van der Waals surface area contributed by atoms with Gasteiger partial charge < -0.3 is 28.9 Å². The van der Waals surface area contributed by atoms with Crippen molar-refractivity contribution in [2.24, 2.45) is 0 Å². The summed E-state index contributed by atoms with van der Waals surface area (Å²) in [4.78, 5) is 29.4. The van der Waals surface area contributed by atoms with E-state index in [0.29, 0.717) is 0 Å². The molecule has 2 heterocycles. The number of nitrogen functional groups attached to an aromatic ring is 1. The van der Waals surface area contributed by atoms with Crippen LogP contribution in [0.25, 0.3) is 0 Å². The van der Waals surface area contributed by atoms with Crippen LogP contribution in [0, 0.1) is 0 Å². The molecule has 0 aromatic carbocycles. The van der Waals surface area contributed by atoms with Gasteiger partial charge in [-0.3, -0.25) is 4.57 Å². The van der Waals surface area contributed by atoms with E-state index < -0.39 is 25.7 Å². The number of anilines is 1. The lowest BCUT2D eigenvalue weighted by Crippen LogP contribution is -2.50. The summed E-state index contributed by atoms with van der Waals surface area (Å²) in [6, 6.07) is 0. The van der Waals surface area contributed by atoms with Crippen LogP contribution in [0.2, 0.25) is 0 Å². The van der Waals surface area contributed by atoms with Crippen molar-refractivity contribution in [2.45, 2.75) is 91.7 Å². The summed E-state index contributed by atoms with van der Waals surface area (Å²) in [6.45, 7) is 15.0. The summed E-state index contributed by atoms with van der Waals surface area (Å²) >= 11 is 0. The van der Waals surface area contributed by atoms with Crippen molar-refractivity contribution in [3.63, 3.8) is 0 Å². The van der Waals surface area contributed by atoms with Crippen LogP contribution in [0.15, 0.2) is 11.1 Å². The average molecular weight is 504 g/mol. The lowest BCUT2D eigenvalue weighted by molar-refractivity contribution is -0.929. The molecule has 198 valence electrons. The van der Waals surface area contributed by atoms with Crippen molar-refractivity contribution in [1.29, 1.82) is 0 Å².